The van der Waals surface area contributed by atoms with E-state index in [-0.39, 0.29) is 12.6 Å². The van der Waals surface area contributed by atoms with Gasteiger partial charge in [0.25, 0.3) is 0 Å². The minimum atomic E-state index is -0.562. The third-order valence-corrected chi connectivity index (χ3v) is 6.73. The van der Waals surface area contributed by atoms with Crippen molar-refractivity contribution in [2.24, 2.45) is 5.92 Å². The first kappa shape index (κ1) is 24.3. The third-order valence-electron chi connectivity index (χ3n) is 6.73. The Hall–Kier alpha value is -2.83. The second-order valence-electron chi connectivity index (χ2n) is 9.48. The van der Waals surface area contributed by atoms with Crippen LogP contribution in [0.2, 0.25) is 0 Å². The van der Waals surface area contributed by atoms with Gasteiger partial charge >= 0.3 is 5.97 Å². The number of β-amino-alcohol motifs (C(OH)–C–C–N with tert-alkyl or cyclic N) is 1. The first-order valence-corrected chi connectivity index (χ1v) is 12.3. The molecule has 1 aliphatic rings. The molecule has 1 N–H and O–H groups in total. The summed E-state index contributed by atoms with van der Waals surface area (Å²) >= 11 is 0. The summed E-state index contributed by atoms with van der Waals surface area (Å²) in [5.41, 5.74) is 4.46. The molecule has 2 heterocycles. The molecule has 1 atom stereocenters. The van der Waals surface area contributed by atoms with Crippen molar-refractivity contribution in [1.82, 2.24) is 9.47 Å². The van der Waals surface area contributed by atoms with Crippen molar-refractivity contribution in [2.75, 3.05) is 32.8 Å². The maximum Gasteiger partial charge on any atom is 0.340 e. The van der Waals surface area contributed by atoms with Crippen LogP contribution < -0.4 is 4.74 Å². The van der Waals surface area contributed by atoms with Crippen LogP contribution in [0.1, 0.15) is 48.3 Å². The summed E-state index contributed by atoms with van der Waals surface area (Å²) in [6, 6.07) is 14.0. The summed E-state index contributed by atoms with van der Waals surface area (Å²) in [5.74, 6) is 1.05. The number of rotatable bonds is 8. The molecule has 0 bridgehead atoms. The van der Waals surface area contributed by atoms with E-state index in [4.69, 9.17) is 9.47 Å². The number of likely N-dealkylation sites (tertiary alicyclic amines) is 1. The highest BCUT2D eigenvalue weighted by atomic mass is 16.5. The number of benzene rings is 2. The maximum atomic E-state index is 12.9. The number of nitrogens with zero attached hydrogens (tertiary/aromatic N) is 2. The summed E-state index contributed by atoms with van der Waals surface area (Å²) in [4.78, 5) is 15.2. The van der Waals surface area contributed by atoms with Gasteiger partial charge in [0.1, 0.15) is 18.5 Å². The van der Waals surface area contributed by atoms with Crippen LogP contribution in [0.25, 0.3) is 16.6 Å². The Kier molecular flexibility index (Phi) is 7.59. The SMILES string of the molecule is CCOC(=O)c1c(C)n(-c2ccc(C)cc2)c2ccc(OCC(O)CN3CCC(C)CC3)cc12. The number of esters is 1. The number of ether oxygens (including phenoxy) is 2. The predicted octanol–water partition coefficient (Wildman–Crippen LogP) is 4.90. The van der Waals surface area contributed by atoms with Gasteiger partial charge in [0.15, 0.2) is 0 Å². The van der Waals surface area contributed by atoms with Crippen LogP contribution in [0.4, 0.5) is 0 Å². The molecule has 4 rings (SSSR count). The molecular formula is C28H36N2O4. The van der Waals surface area contributed by atoms with Crippen molar-refractivity contribution in [1.29, 1.82) is 0 Å². The molecule has 0 spiro atoms. The lowest BCUT2D eigenvalue weighted by molar-refractivity contribution is 0.0527. The van der Waals surface area contributed by atoms with Crippen molar-refractivity contribution in [2.45, 2.75) is 46.6 Å². The van der Waals surface area contributed by atoms with Crippen LogP contribution in [0.3, 0.4) is 0 Å². The Morgan fingerprint density at radius 3 is 2.50 bits per heavy atom. The molecule has 0 amide bonds. The van der Waals surface area contributed by atoms with Crippen LogP contribution in [0, 0.1) is 19.8 Å². The van der Waals surface area contributed by atoms with Gasteiger partial charge in [-0.05, 0) is 83.0 Å². The van der Waals surface area contributed by atoms with Gasteiger partial charge in [-0.15, -0.1) is 0 Å². The van der Waals surface area contributed by atoms with Crippen LogP contribution in [0.15, 0.2) is 42.5 Å². The van der Waals surface area contributed by atoms with Crippen molar-refractivity contribution in [3.63, 3.8) is 0 Å². The monoisotopic (exact) mass is 464 g/mol. The number of carbonyl (C=O) groups excluding carboxylic acids is 1. The van der Waals surface area contributed by atoms with Gasteiger partial charge in [0.2, 0.25) is 0 Å². The lowest BCUT2D eigenvalue weighted by atomic mass is 9.99. The molecule has 1 aliphatic heterocycles. The Morgan fingerprint density at radius 2 is 1.82 bits per heavy atom. The number of hydrogen-bond acceptors (Lipinski definition) is 5. The Labute approximate surface area is 202 Å². The molecule has 34 heavy (non-hydrogen) atoms. The third kappa shape index (κ3) is 5.29. The zero-order valence-electron chi connectivity index (χ0n) is 20.7. The molecule has 3 aromatic rings. The van der Waals surface area contributed by atoms with E-state index in [1.54, 1.807) is 0 Å². The number of aryl methyl sites for hydroxylation is 1. The van der Waals surface area contributed by atoms with Gasteiger partial charge in [-0.25, -0.2) is 4.79 Å². The molecule has 2 aromatic carbocycles. The summed E-state index contributed by atoms with van der Waals surface area (Å²) < 4.78 is 13.4. The molecule has 182 valence electrons. The number of hydrogen-bond donors (Lipinski definition) is 1. The van der Waals surface area contributed by atoms with Crippen LogP contribution in [-0.2, 0) is 4.74 Å². The number of aliphatic hydroxyl groups is 1. The second-order valence-corrected chi connectivity index (χ2v) is 9.48. The molecule has 6 heteroatoms. The van der Waals surface area contributed by atoms with Crippen molar-refractivity contribution < 1.29 is 19.4 Å². The van der Waals surface area contributed by atoms with E-state index >= 15 is 0 Å². The van der Waals surface area contributed by atoms with E-state index in [9.17, 15) is 9.90 Å². The zero-order valence-corrected chi connectivity index (χ0v) is 20.7. The smallest absolute Gasteiger partial charge is 0.340 e. The highest BCUT2D eigenvalue weighted by Crippen LogP contribution is 2.33. The van der Waals surface area contributed by atoms with Gasteiger partial charge in [0, 0.05) is 23.3 Å². The standard InChI is InChI=1S/C28H36N2O4/c1-5-33-28(32)27-21(4)30(22-8-6-19(2)7-9-22)26-11-10-24(16-25(26)27)34-18-23(31)17-29-14-12-20(3)13-15-29/h6-11,16,20,23,31H,5,12-15,17-18H2,1-4H3. The molecule has 0 saturated carbocycles. The van der Waals surface area contributed by atoms with Crippen LogP contribution >= 0.6 is 0 Å². The highest BCUT2D eigenvalue weighted by Gasteiger charge is 2.23. The number of aliphatic hydroxyl groups excluding tert-OH is 1. The largest absolute Gasteiger partial charge is 0.491 e. The molecule has 1 unspecified atom stereocenters. The minimum absolute atomic E-state index is 0.212. The maximum absolute atomic E-state index is 12.9. The van der Waals surface area contributed by atoms with E-state index in [2.05, 4.69) is 47.6 Å². The Balaban J connectivity index is 1.58. The number of carbonyl (C=O) groups is 1. The summed E-state index contributed by atoms with van der Waals surface area (Å²) in [6.45, 7) is 11.3. The van der Waals surface area contributed by atoms with Crippen LogP contribution in [0.5, 0.6) is 5.75 Å². The molecule has 1 fully saturated rings. The van der Waals surface area contributed by atoms with Crippen LogP contribution in [-0.4, -0.2) is 59.5 Å². The predicted molar refractivity (Wildman–Crippen MR) is 135 cm³/mol. The summed E-state index contributed by atoms with van der Waals surface area (Å²) in [5, 5.41) is 11.3. The number of aromatic nitrogens is 1. The lowest BCUT2D eigenvalue weighted by Crippen LogP contribution is -2.40. The molecule has 6 nitrogen and oxygen atoms in total. The fourth-order valence-corrected chi connectivity index (χ4v) is 4.76. The van der Waals surface area contributed by atoms with Gasteiger partial charge in [-0.2, -0.15) is 0 Å². The minimum Gasteiger partial charge on any atom is -0.491 e. The van der Waals surface area contributed by atoms with Gasteiger partial charge in [0.05, 0.1) is 17.7 Å². The lowest BCUT2D eigenvalue weighted by Gasteiger charge is -2.31. The first-order chi connectivity index (χ1) is 16.4. The molecule has 0 radical (unpaired) electrons. The van der Waals surface area contributed by atoms with Gasteiger partial charge in [-0.3, -0.25) is 0 Å². The first-order valence-electron chi connectivity index (χ1n) is 12.3. The average Bonchev–Trinajstić information content (AvgIpc) is 3.11. The van der Waals surface area contributed by atoms with E-state index < -0.39 is 6.10 Å². The Morgan fingerprint density at radius 1 is 1.12 bits per heavy atom. The van der Waals surface area contributed by atoms with E-state index in [1.165, 1.54) is 18.4 Å². The molecule has 1 aromatic heterocycles. The highest BCUT2D eigenvalue weighted by molar-refractivity contribution is 6.07. The number of piperidine rings is 1. The second kappa shape index (κ2) is 10.6. The van der Waals surface area contributed by atoms with Crippen molar-refractivity contribution in [3.05, 3.63) is 59.3 Å². The molecule has 1 saturated heterocycles. The summed E-state index contributed by atoms with van der Waals surface area (Å²) in [7, 11) is 0. The van der Waals surface area contributed by atoms with E-state index in [0.29, 0.717) is 24.5 Å². The van der Waals surface area contributed by atoms with E-state index in [1.807, 2.05) is 32.0 Å². The molecular weight excluding hydrogens is 428 g/mol. The van der Waals surface area contributed by atoms with Gasteiger partial charge in [-0.1, -0.05) is 24.6 Å². The molecule has 0 aliphatic carbocycles. The average molecular weight is 465 g/mol. The summed E-state index contributed by atoms with van der Waals surface area (Å²) in [6.07, 6.45) is 1.80. The van der Waals surface area contributed by atoms with Crippen molar-refractivity contribution in [3.8, 4) is 11.4 Å². The fraction of sp³-hybridized carbons (Fsp3) is 0.464. The number of fused-ring (bicyclic) bond motifs is 1. The van der Waals surface area contributed by atoms with Gasteiger partial charge < -0.3 is 24.0 Å². The quantitative estimate of drug-likeness (QED) is 0.481. The fourth-order valence-electron chi connectivity index (χ4n) is 4.76. The van der Waals surface area contributed by atoms with Crippen molar-refractivity contribution >= 4 is 16.9 Å². The topological polar surface area (TPSA) is 63.9 Å². The van der Waals surface area contributed by atoms with E-state index in [0.717, 1.165) is 41.3 Å². The zero-order chi connectivity index (χ0) is 24.2. The normalized spacial score (nSPS) is 16.0. The Bertz CT molecular complexity index is 1130.